The normalized spacial score (nSPS) is 18.8. The van der Waals surface area contributed by atoms with Crippen LogP contribution in [0.15, 0.2) is 60.8 Å². The average Bonchev–Trinajstić information content (AvgIpc) is 3.47. The van der Waals surface area contributed by atoms with Crippen molar-refractivity contribution in [2.75, 3.05) is 7.11 Å². The molecular weight excluding hydrogens is 312 g/mol. The lowest BCUT2D eigenvalue weighted by atomic mass is 10.1. The Morgan fingerprint density at radius 3 is 2.76 bits per heavy atom. The van der Waals surface area contributed by atoms with Gasteiger partial charge in [0.15, 0.2) is 0 Å². The van der Waals surface area contributed by atoms with Crippen LogP contribution in [-0.2, 0) is 11.3 Å². The lowest BCUT2D eigenvalue weighted by molar-refractivity contribution is -0.122. The minimum atomic E-state index is 0.0660. The van der Waals surface area contributed by atoms with Crippen LogP contribution in [0.5, 0.6) is 5.75 Å². The zero-order chi connectivity index (χ0) is 17.2. The van der Waals surface area contributed by atoms with Crippen LogP contribution in [0.3, 0.4) is 0 Å². The first-order valence-electron chi connectivity index (χ1n) is 8.50. The molecule has 1 aliphatic rings. The molecule has 2 atom stereocenters. The molecule has 1 N–H and O–H groups in total. The molecule has 0 bridgehead atoms. The van der Waals surface area contributed by atoms with Crippen LogP contribution in [-0.4, -0.2) is 18.0 Å². The molecule has 1 aromatic heterocycles. The molecule has 4 rings (SSSR count). The highest BCUT2D eigenvalue weighted by atomic mass is 16.5. The highest BCUT2D eigenvalue weighted by Gasteiger charge is 2.43. The van der Waals surface area contributed by atoms with E-state index in [4.69, 9.17) is 4.74 Å². The van der Waals surface area contributed by atoms with Crippen molar-refractivity contribution in [2.45, 2.75) is 18.9 Å². The van der Waals surface area contributed by atoms with Crippen molar-refractivity contribution in [1.82, 2.24) is 10.3 Å². The molecular formula is C21H20N2O2. The summed E-state index contributed by atoms with van der Waals surface area (Å²) in [7, 11) is 1.66. The third kappa shape index (κ3) is 3.20. The first kappa shape index (κ1) is 15.6. The molecule has 0 saturated heterocycles. The number of carbonyl (C=O) groups excluding carboxylic acids is 1. The highest BCUT2D eigenvalue weighted by Crippen LogP contribution is 2.47. The van der Waals surface area contributed by atoms with Gasteiger partial charge in [-0.1, -0.05) is 36.4 Å². The van der Waals surface area contributed by atoms with Crippen LogP contribution in [0.4, 0.5) is 0 Å². The number of aromatic nitrogens is 1. The number of para-hydroxylation sites is 1. The number of nitrogens with one attached hydrogen (secondary N) is 1. The van der Waals surface area contributed by atoms with E-state index in [0.717, 1.165) is 28.6 Å². The maximum absolute atomic E-state index is 12.5. The second kappa shape index (κ2) is 6.55. The minimum absolute atomic E-state index is 0.0660. The van der Waals surface area contributed by atoms with Crippen LogP contribution >= 0.6 is 0 Å². The Bertz CT molecular complexity index is 900. The topological polar surface area (TPSA) is 51.2 Å². The molecule has 0 unspecified atom stereocenters. The molecule has 2 aromatic carbocycles. The maximum atomic E-state index is 12.5. The predicted octanol–water partition coefficient (Wildman–Crippen LogP) is 3.66. The van der Waals surface area contributed by atoms with Gasteiger partial charge in [0.2, 0.25) is 5.91 Å². The minimum Gasteiger partial charge on any atom is -0.497 e. The van der Waals surface area contributed by atoms with Gasteiger partial charge >= 0.3 is 0 Å². The van der Waals surface area contributed by atoms with E-state index in [1.54, 1.807) is 13.3 Å². The third-order valence-electron chi connectivity index (χ3n) is 4.84. The zero-order valence-corrected chi connectivity index (χ0v) is 14.1. The number of rotatable bonds is 5. The number of benzene rings is 2. The van der Waals surface area contributed by atoms with E-state index in [1.165, 1.54) is 5.56 Å². The van der Waals surface area contributed by atoms with Gasteiger partial charge in [0.1, 0.15) is 5.75 Å². The fourth-order valence-corrected chi connectivity index (χ4v) is 3.33. The fraction of sp³-hybridized carbons (Fsp3) is 0.238. The van der Waals surface area contributed by atoms with Crippen molar-refractivity contribution in [3.8, 4) is 5.75 Å². The Morgan fingerprint density at radius 2 is 1.96 bits per heavy atom. The van der Waals surface area contributed by atoms with E-state index in [2.05, 4.69) is 10.3 Å². The number of hydrogen-bond acceptors (Lipinski definition) is 3. The first-order chi connectivity index (χ1) is 12.3. The first-order valence-corrected chi connectivity index (χ1v) is 8.50. The molecule has 1 heterocycles. The Kier molecular flexibility index (Phi) is 4.10. The zero-order valence-electron chi connectivity index (χ0n) is 14.1. The number of methoxy groups -OCH3 is 1. The quantitative estimate of drug-likeness (QED) is 0.776. The van der Waals surface area contributed by atoms with Crippen LogP contribution in [0, 0.1) is 5.92 Å². The Morgan fingerprint density at radius 1 is 1.16 bits per heavy atom. The molecule has 1 saturated carbocycles. The van der Waals surface area contributed by atoms with Gasteiger partial charge in [-0.25, -0.2) is 0 Å². The number of nitrogens with zero attached hydrogens (tertiary/aromatic N) is 1. The summed E-state index contributed by atoms with van der Waals surface area (Å²) in [6, 6.07) is 18.0. The number of fused-ring (bicyclic) bond motifs is 1. The van der Waals surface area contributed by atoms with Gasteiger partial charge in [0.05, 0.1) is 12.6 Å². The predicted molar refractivity (Wildman–Crippen MR) is 97.4 cm³/mol. The summed E-state index contributed by atoms with van der Waals surface area (Å²) in [5.74, 6) is 1.34. The van der Waals surface area contributed by atoms with Crippen molar-refractivity contribution in [1.29, 1.82) is 0 Å². The summed E-state index contributed by atoms with van der Waals surface area (Å²) in [4.78, 5) is 16.9. The van der Waals surface area contributed by atoms with Crippen molar-refractivity contribution in [2.24, 2.45) is 5.92 Å². The molecule has 4 heteroatoms. The summed E-state index contributed by atoms with van der Waals surface area (Å²) < 4.78 is 5.18. The van der Waals surface area contributed by atoms with Gasteiger partial charge in [-0.15, -0.1) is 0 Å². The lowest BCUT2D eigenvalue weighted by Crippen LogP contribution is -2.25. The van der Waals surface area contributed by atoms with Gasteiger partial charge in [-0.2, -0.15) is 0 Å². The van der Waals surface area contributed by atoms with Gasteiger partial charge in [-0.3, -0.25) is 9.78 Å². The smallest absolute Gasteiger partial charge is 0.224 e. The second-order valence-electron chi connectivity index (χ2n) is 6.43. The van der Waals surface area contributed by atoms with Gasteiger partial charge in [-0.05, 0) is 41.7 Å². The fourth-order valence-electron chi connectivity index (χ4n) is 3.33. The van der Waals surface area contributed by atoms with E-state index < -0.39 is 0 Å². The van der Waals surface area contributed by atoms with Crippen LogP contribution in [0.25, 0.3) is 10.9 Å². The molecule has 4 nitrogen and oxygen atoms in total. The number of pyridine rings is 1. The standard InChI is InChI=1S/C21H20N2O2/c1-25-17-9-7-14(8-10-17)18-12-19(18)21(24)23-13-16-5-2-4-15-6-3-11-22-20(15)16/h2-11,18-19H,12-13H2,1H3,(H,23,24)/t18-,19-/m1/s1. The molecule has 0 spiro atoms. The number of hydrogen-bond donors (Lipinski definition) is 1. The Hall–Kier alpha value is -2.88. The molecule has 1 amide bonds. The number of ether oxygens (including phenoxy) is 1. The average molecular weight is 332 g/mol. The summed E-state index contributed by atoms with van der Waals surface area (Å²) in [5.41, 5.74) is 3.20. The lowest BCUT2D eigenvalue weighted by Gasteiger charge is -2.08. The summed E-state index contributed by atoms with van der Waals surface area (Å²) in [6.07, 6.45) is 2.69. The highest BCUT2D eigenvalue weighted by molar-refractivity contribution is 5.85. The third-order valence-corrected chi connectivity index (χ3v) is 4.84. The summed E-state index contributed by atoms with van der Waals surface area (Å²) in [6.45, 7) is 0.513. The molecule has 3 aromatic rings. The van der Waals surface area contributed by atoms with Crippen molar-refractivity contribution in [3.63, 3.8) is 0 Å². The van der Waals surface area contributed by atoms with E-state index in [-0.39, 0.29) is 11.8 Å². The van der Waals surface area contributed by atoms with Crippen LogP contribution < -0.4 is 10.1 Å². The Balaban J connectivity index is 1.39. The van der Waals surface area contributed by atoms with Crippen molar-refractivity contribution < 1.29 is 9.53 Å². The van der Waals surface area contributed by atoms with E-state index in [0.29, 0.717) is 12.5 Å². The number of amides is 1. The molecule has 0 aliphatic heterocycles. The van der Waals surface area contributed by atoms with Gasteiger partial charge in [0, 0.05) is 24.0 Å². The number of carbonyl (C=O) groups is 1. The van der Waals surface area contributed by atoms with Gasteiger partial charge < -0.3 is 10.1 Å². The summed E-state index contributed by atoms with van der Waals surface area (Å²) >= 11 is 0. The van der Waals surface area contributed by atoms with Crippen molar-refractivity contribution >= 4 is 16.8 Å². The second-order valence-corrected chi connectivity index (χ2v) is 6.43. The summed E-state index contributed by atoms with van der Waals surface area (Å²) in [5, 5.41) is 4.17. The maximum Gasteiger partial charge on any atom is 0.224 e. The SMILES string of the molecule is COc1ccc([C@H]2C[C@H]2C(=O)NCc2cccc3cccnc23)cc1. The van der Waals surface area contributed by atoms with E-state index in [1.807, 2.05) is 54.6 Å². The van der Waals surface area contributed by atoms with E-state index >= 15 is 0 Å². The van der Waals surface area contributed by atoms with Crippen molar-refractivity contribution in [3.05, 3.63) is 71.9 Å². The monoisotopic (exact) mass is 332 g/mol. The molecule has 1 fully saturated rings. The van der Waals surface area contributed by atoms with Gasteiger partial charge in [0.25, 0.3) is 0 Å². The molecule has 25 heavy (non-hydrogen) atoms. The Labute approximate surface area is 146 Å². The molecule has 126 valence electrons. The largest absolute Gasteiger partial charge is 0.497 e. The van der Waals surface area contributed by atoms with E-state index in [9.17, 15) is 4.79 Å². The molecule has 1 aliphatic carbocycles. The molecule has 0 radical (unpaired) electrons. The van der Waals surface area contributed by atoms with Crippen LogP contribution in [0.2, 0.25) is 0 Å². The van der Waals surface area contributed by atoms with Crippen LogP contribution in [0.1, 0.15) is 23.5 Å².